The van der Waals surface area contributed by atoms with Crippen LogP contribution in [0.3, 0.4) is 0 Å². The molecule has 1 aliphatic rings. The maximum atomic E-state index is 12.5. The summed E-state index contributed by atoms with van der Waals surface area (Å²) in [5, 5.41) is 3.38. The standard InChI is InChI=1S/C15H24N2O/c1-10(2)8-16-9-14-11(3)7-12(4)17(15(14)18)13-5-6-13/h7,10,13,16H,5-6,8-9H2,1-4H3. The van der Waals surface area contributed by atoms with Crippen molar-refractivity contribution in [3.05, 3.63) is 33.2 Å². The molecule has 0 radical (unpaired) electrons. The van der Waals surface area contributed by atoms with Gasteiger partial charge in [0.05, 0.1) is 0 Å². The fourth-order valence-electron chi connectivity index (χ4n) is 2.43. The first-order chi connectivity index (χ1) is 8.50. The molecule has 1 fully saturated rings. The Labute approximate surface area is 109 Å². The van der Waals surface area contributed by atoms with Crippen LogP contribution in [-0.4, -0.2) is 11.1 Å². The van der Waals surface area contributed by atoms with Crippen LogP contribution in [0.4, 0.5) is 0 Å². The van der Waals surface area contributed by atoms with Gasteiger partial charge in [0, 0.05) is 23.8 Å². The van der Waals surface area contributed by atoms with Crippen LogP contribution in [-0.2, 0) is 6.54 Å². The number of aryl methyl sites for hydroxylation is 2. The molecule has 1 heterocycles. The van der Waals surface area contributed by atoms with E-state index >= 15 is 0 Å². The van der Waals surface area contributed by atoms with Crippen molar-refractivity contribution in [2.75, 3.05) is 6.54 Å². The zero-order valence-corrected chi connectivity index (χ0v) is 11.9. The lowest BCUT2D eigenvalue weighted by atomic mass is 10.1. The van der Waals surface area contributed by atoms with Crippen molar-refractivity contribution in [2.45, 2.75) is 53.1 Å². The SMILES string of the molecule is Cc1cc(C)n(C2CC2)c(=O)c1CNCC(C)C. The van der Waals surface area contributed by atoms with Gasteiger partial charge < -0.3 is 9.88 Å². The smallest absolute Gasteiger partial charge is 0.255 e. The van der Waals surface area contributed by atoms with Crippen LogP contribution in [0.25, 0.3) is 0 Å². The number of hydrogen-bond acceptors (Lipinski definition) is 2. The highest BCUT2D eigenvalue weighted by Crippen LogP contribution is 2.34. The van der Waals surface area contributed by atoms with Crippen molar-refractivity contribution in [1.82, 2.24) is 9.88 Å². The zero-order chi connectivity index (χ0) is 13.3. The molecule has 1 aliphatic carbocycles. The molecular formula is C15H24N2O. The van der Waals surface area contributed by atoms with Crippen molar-refractivity contribution in [3.8, 4) is 0 Å². The second-order valence-corrected chi connectivity index (χ2v) is 5.88. The number of nitrogens with zero attached hydrogens (tertiary/aromatic N) is 1. The molecule has 2 rings (SSSR count). The van der Waals surface area contributed by atoms with Gasteiger partial charge in [0.25, 0.3) is 5.56 Å². The quantitative estimate of drug-likeness (QED) is 0.869. The van der Waals surface area contributed by atoms with Crippen molar-refractivity contribution >= 4 is 0 Å². The molecule has 3 heteroatoms. The molecule has 0 saturated heterocycles. The van der Waals surface area contributed by atoms with Gasteiger partial charge in [0.2, 0.25) is 0 Å². The van der Waals surface area contributed by atoms with E-state index in [1.807, 2.05) is 18.4 Å². The van der Waals surface area contributed by atoms with Crippen molar-refractivity contribution in [3.63, 3.8) is 0 Å². The molecule has 3 nitrogen and oxygen atoms in total. The van der Waals surface area contributed by atoms with Gasteiger partial charge in [0.1, 0.15) is 0 Å². The Morgan fingerprint density at radius 1 is 1.39 bits per heavy atom. The van der Waals surface area contributed by atoms with Gasteiger partial charge in [-0.1, -0.05) is 13.8 Å². The van der Waals surface area contributed by atoms with E-state index in [1.165, 1.54) is 0 Å². The summed E-state index contributed by atoms with van der Waals surface area (Å²) in [6, 6.07) is 2.61. The van der Waals surface area contributed by atoms with Gasteiger partial charge in [-0.3, -0.25) is 4.79 Å². The van der Waals surface area contributed by atoms with E-state index in [1.54, 1.807) is 0 Å². The molecular weight excluding hydrogens is 224 g/mol. The van der Waals surface area contributed by atoms with Crippen LogP contribution in [0.5, 0.6) is 0 Å². The lowest BCUT2D eigenvalue weighted by Gasteiger charge is -2.15. The Morgan fingerprint density at radius 2 is 2.06 bits per heavy atom. The molecule has 1 aromatic rings. The molecule has 0 bridgehead atoms. The van der Waals surface area contributed by atoms with Gasteiger partial charge >= 0.3 is 0 Å². The zero-order valence-electron chi connectivity index (χ0n) is 11.9. The van der Waals surface area contributed by atoms with Crippen LogP contribution in [0.1, 0.15) is 49.6 Å². The first-order valence-electron chi connectivity index (χ1n) is 6.93. The first-order valence-corrected chi connectivity index (χ1v) is 6.93. The molecule has 0 aromatic carbocycles. The number of hydrogen-bond donors (Lipinski definition) is 1. The van der Waals surface area contributed by atoms with E-state index < -0.39 is 0 Å². The maximum absolute atomic E-state index is 12.5. The van der Waals surface area contributed by atoms with Gasteiger partial charge in [-0.05, 0) is 50.8 Å². The van der Waals surface area contributed by atoms with Crippen molar-refractivity contribution in [2.24, 2.45) is 5.92 Å². The third-order valence-electron chi connectivity index (χ3n) is 3.52. The highest BCUT2D eigenvalue weighted by Gasteiger charge is 2.27. The predicted molar refractivity (Wildman–Crippen MR) is 75.0 cm³/mol. The van der Waals surface area contributed by atoms with E-state index in [9.17, 15) is 4.79 Å². The Hall–Kier alpha value is -1.09. The fraction of sp³-hybridized carbons (Fsp3) is 0.667. The van der Waals surface area contributed by atoms with Crippen LogP contribution in [0.2, 0.25) is 0 Å². The lowest BCUT2D eigenvalue weighted by Crippen LogP contribution is -2.30. The van der Waals surface area contributed by atoms with Crippen molar-refractivity contribution < 1.29 is 0 Å². The minimum absolute atomic E-state index is 0.214. The monoisotopic (exact) mass is 248 g/mol. The molecule has 1 saturated carbocycles. The number of pyridine rings is 1. The van der Waals surface area contributed by atoms with E-state index in [0.29, 0.717) is 18.5 Å². The number of rotatable bonds is 5. The molecule has 0 amide bonds. The summed E-state index contributed by atoms with van der Waals surface area (Å²) in [6.45, 7) is 10.1. The third-order valence-corrected chi connectivity index (χ3v) is 3.52. The van der Waals surface area contributed by atoms with Gasteiger partial charge in [-0.2, -0.15) is 0 Å². The lowest BCUT2D eigenvalue weighted by molar-refractivity contribution is 0.545. The van der Waals surface area contributed by atoms with E-state index in [2.05, 4.69) is 25.2 Å². The van der Waals surface area contributed by atoms with E-state index in [4.69, 9.17) is 0 Å². The Balaban J connectivity index is 2.23. The maximum Gasteiger partial charge on any atom is 0.255 e. The molecule has 0 atom stereocenters. The molecule has 1 aromatic heterocycles. The topological polar surface area (TPSA) is 34.0 Å². The summed E-state index contributed by atoms with van der Waals surface area (Å²) in [5.74, 6) is 0.612. The summed E-state index contributed by atoms with van der Waals surface area (Å²) in [5.41, 5.74) is 3.37. The molecule has 100 valence electrons. The highest BCUT2D eigenvalue weighted by molar-refractivity contribution is 5.27. The molecule has 18 heavy (non-hydrogen) atoms. The minimum atomic E-state index is 0.214. The largest absolute Gasteiger partial charge is 0.312 e. The summed E-state index contributed by atoms with van der Waals surface area (Å²) in [4.78, 5) is 12.5. The highest BCUT2D eigenvalue weighted by atomic mass is 16.1. The molecule has 0 spiro atoms. The second-order valence-electron chi connectivity index (χ2n) is 5.88. The predicted octanol–water partition coefficient (Wildman–Crippen LogP) is 2.55. The van der Waals surface area contributed by atoms with Crippen LogP contribution in [0.15, 0.2) is 10.9 Å². The summed E-state index contributed by atoms with van der Waals surface area (Å²) in [6.07, 6.45) is 2.31. The van der Waals surface area contributed by atoms with Crippen LogP contribution >= 0.6 is 0 Å². The first kappa shape index (κ1) is 13.3. The normalized spacial score (nSPS) is 15.4. The Kier molecular flexibility index (Phi) is 3.91. The van der Waals surface area contributed by atoms with Crippen LogP contribution < -0.4 is 10.9 Å². The Bertz CT molecular complexity index is 484. The summed E-state index contributed by atoms with van der Waals surface area (Å²) >= 11 is 0. The Morgan fingerprint density at radius 3 is 2.61 bits per heavy atom. The van der Waals surface area contributed by atoms with E-state index in [0.717, 1.165) is 36.2 Å². The van der Waals surface area contributed by atoms with Crippen molar-refractivity contribution in [1.29, 1.82) is 0 Å². The molecule has 0 unspecified atom stereocenters. The third kappa shape index (κ3) is 2.83. The van der Waals surface area contributed by atoms with E-state index in [-0.39, 0.29) is 5.56 Å². The van der Waals surface area contributed by atoms with Gasteiger partial charge in [-0.25, -0.2) is 0 Å². The van der Waals surface area contributed by atoms with Gasteiger partial charge in [0.15, 0.2) is 0 Å². The molecule has 0 aliphatic heterocycles. The van der Waals surface area contributed by atoms with Crippen LogP contribution in [0, 0.1) is 19.8 Å². The number of aromatic nitrogens is 1. The average molecular weight is 248 g/mol. The second kappa shape index (κ2) is 5.27. The molecule has 1 N–H and O–H groups in total. The summed E-state index contributed by atoms with van der Waals surface area (Å²) in [7, 11) is 0. The summed E-state index contributed by atoms with van der Waals surface area (Å²) < 4.78 is 1.99. The minimum Gasteiger partial charge on any atom is -0.312 e. The van der Waals surface area contributed by atoms with Gasteiger partial charge in [-0.15, -0.1) is 0 Å². The number of nitrogens with one attached hydrogen (secondary N) is 1. The fourth-order valence-corrected chi connectivity index (χ4v) is 2.43. The average Bonchev–Trinajstić information content (AvgIpc) is 3.06.